The first-order valence-electron chi connectivity index (χ1n) is 5.65. The molecule has 0 aromatic carbocycles. The third-order valence-corrected chi connectivity index (χ3v) is 2.49. The van der Waals surface area contributed by atoms with Crippen molar-refractivity contribution in [3.05, 3.63) is 24.0 Å². The van der Waals surface area contributed by atoms with E-state index >= 15 is 0 Å². The van der Waals surface area contributed by atoms with Gasteiger partial charge in [0.15, 0.2) is 0 Å². The van der Waals surface area contributed by atoms with Gasteiger partial charge in [-0.2, -0.15) is 0 Å². The zero-order valence-electron chi connectivity index (χ0n) is 10.1. The Balaban J connectivity index is 2.56. The van der Waals surface area contributed by atoms with Gasteiger partial charge >= 0.3 is 0 Å². The highest BCUT2D eigenvalue weighted by Gasteiger charge is 2.09. The van der Waals surface area contributed by atoms with Crippen molar-refractivity contribution >= 4 is 5.69 Å². The van der Waals surface area contributed by atoms with Gasteiger partial charge in [0.25, 0.3) is 0 Å². The first-order valence-corrected chi connectivity index (χ1v) is 5.65. The molecule has 1 unspecified atom stereocenters. The molecule has 0 radical (unpaired) electrons. The lowest BCUT2D eigenvalue weighted by Crippen LogP contribution is -2.26. The third-order valence-electron chi connectivity index (χ3n) is 2.49. The Morgan fingerprint density at radius 3 is 3.00 bits per heavy atom. The second-order valence-corrected chi connectivity index (χ2v) is 3.86. The molecule has 0 fully saturated rings. The molecule has 0 aliphatic rings. The highest BCUT2D eigenvalue weighted by molar-refractivity contribution is 5.47. The molecule has 16 heavy (non-hydrogen) atoms. The molecule has 3 N–H and O–H groups in total. The van der Waals surface area contributed by atoms with Crippen LogP contribution in [0, 0.1) is 6.92 Å². The van der Waals surface area contributed by atoms with Crippen LogP contribution in [0.4, 0.5) is 5.69 Å². The number of nitrogens with two attached hydrogens (primary N) is 1. The van der Waals surface area contributed by atoms with Crippen molar-refractivity contribution in [2.24, 2.45) is 5.73 Å². The number of methoxy groups -OCH3 is 1. The van der Waals surface area contributed by atoms with Crippen LogP contribution in [0.25, 0.3) is 0 Å². The number of hydrogen-bond acceptors (Lipinski definition) is 4. The quantitative estimate of drug-likeness (QED) is 0.736. The average molecular weight is 223 g/mol. The van der Waals surface area contributed by atoms with Gasteiger partial charge in [0.1, 0.15) is 0 Å². The summed E-state index contributed by atoms with van der Waals surface area (Å²) in [7, 11) is 1.72. The molecule has 0 aliphatic carbocycles. The number of aromatic nitrogens is 1. The van der Waals surface area contributed by atoms with Crippen LogP contribution >= 0.6 is 0 Å². The Bertz CT molecular complexity index is 304. The maximum absolute atomic E-state index is 5.52. The zero-order chi connectivity index (χ0) is 11.8. The average Bonchev–Trinajstić information content (AvgIpc) is 2.29. The van der Waals surface area contributed by atoms with Gasteiger partial charge < -0.3 is 15.8 Å². The SMILES string of the molecule is COCC(CCCN)Nc1cccnc1C. The van der Waals surface area contributed by atoms with Crippen LogP contribution in [0.1, 0.15) is 18.5 Å². The molecule has 4 heteroatoms. The van der Waals surface area contributed by atoms with E-state index in [0.717, 1.165) is 24.2 Å². The largest absolute Gasteiger partial charge is 0.383 e. The lowest BCUT2D eigenvalue weighted by molar-refractivity contribution is 0.182. The van der Waals surface area contributed by atoms with Crippen molar-refractivity contribution < 1.29 is 4.74 Å². The topological polar surface area (TPSA) is 60.2 Å². The highest BCUT2D eigenvalue weighted by atomic mass is 16.5. The van der Waals surface area contributed by atoms with Crippen molar-refractivity contribution in [2.45, 2.75) is 25.8 Å². The number of hydrogen-bond donors (Lipinski definition) is 2. The van der Waals surface area contributed by atoms with Gasteiger partial charge in [0.2, 0.25) is 0 Å². The summed E-state index contributed by atoms with van der Waals surface area (Å²) in [5.74, 6) is 0. The maximum atomic E-state index is 5.52. The molecule has 0 amide bonds. The van der Waals surface area contributed by atoms with Crippen LogP contribution in [0.15, 0.2) is 18.3 Å². The molecule has 4 nitrogen and oxygen atoms in total. The van der Waals surface area contributed by atoms with Crippen LogP contribution < -0.4 is 11.1 Å². The lowest BCUT2D eigenvalue weighted by atomic mass is 10.1. The van der Waals surface area contributed by atoms with Crippen LogP contribution in [-0.4, -0.2) is 31.3 Å². The van der Waals surface area contributed by atoms with Crippen molar-refractivity contribution in [1.29, 1.82) is 0 Å². The fraction of sp³-hybridized carbons (Fsp3) is 0.583. The van der Waals surface area contributed by atoms with Gasteiger partial charge in [-0.15, -0.1) is 0 Å². The van der Waals surface area contributed by atoms with Crippen LogP contribution in [0.5, 0.6) is 0 Å². The summed E-state index contributed by atoms with van der Waals surface area (Å²) >= 11 is 0. The summed E-state index contributed by atoms with van der Waals surface area (Å²) < 4.78 is 5.19. The second-order valence-electron chi connectivity index (χ2n) is 3.86. The number of pyridine rings is 1. The maximum Gasteiger partial charge on any atom is 0.0664 e. The first kappa shape index (κ1) is 12.9. The molecule has 1 aromatic heterocycles. The number of anilines is 1. The minimum absolute atomic E-state index is 0.302. The van der Waals surface area contributed by atoms with E-state index in [1.54, 1.807) is 13.3 Å². The van der Waals surface area contributed by atoms with Gasteiger partial charge in [-0.05, 0) is 38.4 Å². The normalized spacial score (nSPS) is 12.4. The van der Waals surface area contributed by atoms with E-state index < -0.39 is 0 Å². The second kappa shape index (κ2) is 7.19. The Hall–Kier alpha value is -1.13. The van der Waals surface area contributed by atoms with E-state index in [1.807, 2.05) is 19.1 Å². The Morgan fingerprint density at radius 2 is 2.38 bits per heavy atom. The molecule has 1 aromatic rings. The third kappa shape index (κ3) is 4.16. The van der Waals surface area contributed by atoms with Crippen molar-refractivity contribution in [3.63, 3.8) is 0 Å². The lowest BCUT2D eigenvalue weighted by Gasteiger charge is -2.19. The summed E-state index contributed by atoms with van der Waals surface area (Å²) in [5.41, 5.74) is 7.60. The predicted octanol–water partition coefficient (Wildman–Crippen LogP) is 1.56. The van der Waals surface area contributed by atoms with Gasteiger partial charge in [-0.1, -0.05) is 0 Å². The van der Waals surface area contributed by atoms with Crippen molar-refractivity contribution in [3.8, 4) is 0 Å². The molecule has 0 spiro atoms. The summed E-state index contributed by atoms with van der Waals surface area (Å²) in [6, 6.07) is 4.27. The Morgan fingerprint density at radius 1 is 1.56 bits per heavy atom. The Kier molecular flexibility index (Phi) is 5.82. The molecule has 90 valence electrons. The van der Waals surface area contributed by atoms with E-state index in [-0.39, 0.29) is 0 Å². The molecule has 0 bridgehead atoms. The fourth-order valence-electron chi connectivity index (χ4n) is 1.62. The van der Waals surface area contributed by atoms with E-state index in [1.165, 1.54) is 0 Å². The standard InChI is InChI=1S/C12H21N3O/c1-10-12(6-4-8-14-10)15-11(9-16-2)5-3-7-13/h4,6,8,11,15H,3,5,7,9,13H2,1-2H3. The van der Waals surface area contributed by atoms with E-state index in [9.17, 15) is 0 Å². The first-order chi connectivity index (χ1) is 7.77. The van der Waals surface area contributed by atoms with Gasteiger partial charge in [-0.3, -0.25) is 4.98 Å². The van der Waals surface area contributed by atoms with Crippen LogP contribution in [0.2, 0.25) is 0 Å². The summed E-state index contributed by atoms with van der Waals surface area (Å²) in [5, 5.41) is 3.44. The number of nitrogens with zero attached hydrogens (tertiary/aromatic N) is 1. The summed E-state index contributed by atoms with van der Waals surface area (Å²) in [4.78, 5) is 4.24. The Labute approximate surface area is 97.2 Å². The van der Waals surface area contributed by atoms with Gasteiger partial charge in [0.05, 0.1) is 18.0 Å². The van der Waals surface area contributed by atoms with Crippen molar-refractivity contribution in [1.82, 2.24) is 4.98 Å². The number of ether oxygens (including phenoxy) is 1. The minimum atomic E-state index is 0.302. The number of aryl methyl sites for hydroxylation is 1. The molecule has 1 heterocycles. The molecule has 0 saturated heterocycles. The predicted molar refractivity (Wildman–Crippen MR) is 66.5 cm³/mol. The summed E-state index contributed by atoms with van der Waals surface area (Å²) in [6.45, 7) is 3.40. The molecule has 0 saturated carbocycles. The minimum Gasteiger partial charge on any atom is -0.383 e. The van der Waals surface area contributed by atoms with E-state index in [0.29, 0.717) is 19.2 Å². The smallest absolute Gasteiger partial charge is 0.0664 e. The van der Waals surface area contributed by atoms with E-state index in [2.05, 4.69) is 10.3 Å². The van der Waals surface area contributed by atoms with Crippen molar-refractivity contribution in [2.75, 3.05) is 25.6 Å². The molecule has 1 rings (SSSR count). The molecule has 0 aliphatic heterocycles. The number of rotatable bonds is 7. The van der Waals surface area contributed by atoms with Gasteiger partial charge in [-0.25, -0.2) is 0 Å². The zero-order valence-corrected chi connectivity index (χ0v) is 10.1. The number of nitrogens with one attached hydrogen (secondary N) is 1. The van der Waals surface area contributed by atoms with Gasteiger partial charge in [0, 0.05) is 19.3 Å². The summed E-state index contributed by atoms with van der Waals surface area (Å²) in [6.07, 6.45) is 3.81. The van der Waals surface area contributed by atoms with Crippen LogP contribution in [-0.2, 0) is 4.74 Å². The monoisotopic (exact) mass is 223 g/mol. The van der Waals surface area contributed by atoms with Crippen LogP contribution in [0.3, 0.4) is 0 Å². The molecule has 1 atom stereocenters. The highest BCUT2D eigenvalue weighted by Crippen LogP contribution is 2.13. The van der Waals surface area contributed by atoms with E-state index in [4.69, 9.17) is 10.5 Å². The fourth-order valence-corrected chi connectivity index (χ4v) is 1.62. The molecular weight excluding hydrogens is 202 g/mol. The molecular formula is C12H21N3O.